The summed E-state index contributed by atoms with van der Waals surface area (Å²) in [5.41, 5.74) is 0.473. The zero-order valence-electron chi connectivity index (χ0n) is 12.9. The molecule has 23 heavy (non-hydrogen) atoms. The van der Waals surface area contributed by atoms with Gasteiger partial charge in [-0.3, -0.25) is 0 Å². The van der Waals surface area contributed by atoms with E-state index in [-0.39, 0.29) is 21.9 Å². The van der Waals surface area contributed by atoms with Crippen LogP contribution in [0.5, 0.6) is 0 Å². The molecule has 0 spiro atoms. The van der Waals surface area contributed by atoms with Gasteiger partial charge in [0.15, 0.2) is 23.3 Å². The van der Waals surface area contributed by atoms with Crippen LogP contribution in [0.4, 0.5) is 17.6 Å². The second kappa shape index (κ2) is 5.84. The minimum absolute atomic E-state index is 0.195. The van der Waals surface area contributed by atoms with E-state index in [9.17, 15) is 17.6 Å². The molecule has 0 atom stereocenters. The molecule has 4 heteroatoms. The van der Waals surface area contributed by atoms with E-state index in [0.29, 0.717) is 30.0 Å². The Labute approximate surface area is 131 Å². The third-order valence-electron chi connectivity index (χ3n) is 4.22. The minimum atomic E-state index is -1.12. The third kappa shape index (κ3) is 2.37. The Morgan fingerprint density at radius 2 is 1.17 bits per heavy atom. The van der Waals surface area contributed by atoms with Crippen LogP contribution < -0.4 is 0 Å². The molecule has 0 N–H and O–H groups in total. The highest BCUT2D eigenvalue weighted by molar-refractivity contribution is 6.08. The molecule has 3 aromatic carbocycles. The van der Waals surface area contributed by atoms with Crippen LogP contribution in [0.3, 0.4) is 0 Å². The smallest absolute Gasteiger partial charge is 0.167 e. The molecule has 0 aromatic heterocycles. The van der Waals surface area contributed by atoms with E-state index < -0.39 is 23.3 Å². The van der Waals surface area contributed by atoms with Crippen molar-refractivity contribution in [2.24, 2.45) is 0 Å². The average Bonchev–Trinajstić information content (AvgIpc) is 2.55. The molecule has 0 radical (unpaired) electrons. The normalized spacial score (nSPS) is 11.6. The van der Waals surface area contributed by atoms with E-state index in [0.717, 1.165) is 0 Å². The quantitative estimate of drug-likeness (QED) is 0.406. The number of aryl methyl sites for hydroxylation is 2. The summed E-state index contributed by atoms with van der Waals surface area (Å²) in [6.07, 6.45) is 1.38. The molecule has 3 aromatic rings. The van der Waals surface area contributed by atoms with Crippen LogP contribution in [0, 0.1) is 23.3 Å². The first-order chi connectivity index (χ1) is 11.0. The van der Waals surface area contributed by atoms with Crippen molar-refractivity contribution in [2.45, 2.75) is 33.1 Å². The highest BCUT2D eigenvalue weighted by atomic mass is 19.2. The van der Waals surface area contributed by atoms with Crippen molar-refractivity contribution < 1.29 is 17.6 Å². The first-order valence-electron chi connectivity index (χ1n) is 7.69. The van der Waals surface area contributed by atoms with E-state index in [4.69, 9.17) is 0 Å². The molecule has 0 bridgehead atoms. The maximum absolute atomic E-state index is 14.5. The second-order valence-electron chi connectivity index (χ2n) is 5.69. The number of rotatable bonds is 3. The molecule has 0 saturated carbocycles. The molecule has 0 aliphatic carbocycles. The van der Waals surface area contributed by atoms with E-state index in [1.165, 1.54) is 12.1 Å². The number of hydrogen-bond donors (Lipinski definition) is 0. The monoisotopic (exact) mass is 320 g/mol. The number of halogens is 4. The summed E-state index contributed by atoms with van der Waals surface area (Å²) in [6.45, 7) is 3.57. The van der Waals surface area contributed by atoms with Gasteiger partial charge in [0.2, 0.25) is 0 Å². The maximum atomic E-state index is 14.5. The van der Waals surface area contributed by atoms with Crippen LogP contribution >= 0.6 is 0 Å². The molecule has 0 saturated heterocycles. The number of benzene rings is 3. The van der Waals surface area contributed by atoms with Gasteiger partial charge in [0.1, 0.15) is 0 Å². The zero-order valence-corrected chi connectivity index (χ0v) is 12.9. The molecule has 3 rings (SSSR count). The average molecular weight is 320 g/mol. The molecular weight excluding hydrogens is 304 g/mol. The Morgan fingerprint density at radius 3 is 1.65 bits per heavy atom. The molecule has 120 valence electrons. The molecular formula is C19H16F4. The van der Waals surface area contributed by atoms with Gasteiger partial charge in [0.05, 0.1) is 0 Å². The fourth-order valence-corrected chi connectivity index (χ4v) is 3.06. The van der Waals surface area contributed by atoms with E-state index >= 15 is 0 Å². The van der Waals surface area contributed by atoms with Crippen LogP contribution in [-0.2, 0) is 12.8 Å². The summed E-state index contributed by atoms with van der Waals surface area (Å²) in [5.74, 6) is -4.21. The van der Waals surface area contributed by atoms with Crippen molar-refractivity contribution in [3.63, 3.8) is 0 Å². The Balaban J connectivity index is 2.48. The Hall–Kier alpha value is -2.10. The zero-order chi connectivity index (χ0) is 16.7. The van der Waals surface area contributed by atoms with Crippen LogP contribution in [-0.4, -0.2) is 0 Å². The summed E-state index contributed by atoms with van der Waals surface area (Å²) >= 11 is 0. The van der Waals surface area contributed by atoms with Gasteiger partial charge in [-0.25, -0.2) is 17.6 Å². The summed E-state index contributed by atoms with van der Waals surface area (Å²) < 4.78 is 57.3. The lowest BCUT2D eigenvalue weighted by Crippen LogP contribution is -2.00. The van der Waals surface area contributed by atoms with Gasteiger partial charge in [0.25, 0.3) is 0 Å². The topological polar surface area (TPSA) is 0 Å². The summed E-state index contributed by atoms with van der Waals surface area (Å²) in [4.78, 5) is 0. The second-order valence-corrected chi connectivity index (χ2v) is 5.69. The highest BCUT2D eigenvalue weighted by Crippen LogP contribution is 2.34. The molecule has 0 unspecified atom stereocenters. The van der Waals surface area contributed by atoms with Crippen LogP contribution in [0.2, 0.25) is 0 Å². The van der Waals surface area contributed by atoms with Gasteiger partial charge in [0, 0.05) is 10.8 Å². The van der Waals surface area contributed by atoms with Gasteiger partial charge in [-0.2, -0.15) is 0 Å². The van der Waals surface area contributed by atoms with Crippen molar-refractivity contribution in [1.82, 2.24) is 0 Å². The highest BCUT2D eigenvalue weighted by Gasteiger charge is 2.20. The van der Waals surface area contributed by atoms with Gasteiger partial charge < -0.3 is 0 Å². The molecule has 0 fully saturated rings. The standard InChI is InChI=1S/C19H16F4/c1-3-5-13-9-12-7-6-11-8-10(4-2)16(20)18(22)14(11)15(12)19(23)17(13)21/h6-9H,3-5H2,1-2H3. The Kier molecular flexibility index (Phi) is 4.00. The summed E-state index contributed by atoms with van der Waals surface area (Å²) in [7, 11) is 0. The predicted octanol–water partition coefficient (Wildman–Crippen LogP) is 6.06. The molecule has 0 heterocycles. The lowest BCUT2D eigenvalue weighted by atomic mass is 9.95. The van der Waals surface area contributed by atoms with Crippen molar-refractivity contribution in [1.29, 1.82) is 0 Å². The SMILES string of the molecule is CCCc1cc2ccc3cc(CC)c(F)c(F)c3c2c(F)c1F. The van der Waals surface area contributed by atoms with E-state index in [1.807, 2.05) is 6.92 Å². The summed E-state index contributed by atoms with van der Waals surface area (Å²) in [5, 5.41) is 0.354. The van der Waals surface area contributed by atoms with E-state index in [1.54, 1.807) is 19.1 Å². The van der Waals surface area contributed by atoms with Gasteiger partial charge in [-0.15, -0.1) is 0 Å². The van der Waals surface area contributed by atoms with Gasteiger partial charge in [-0.1, -0.05) is 32.4 Å². The fourth-order valence-electron chi connectivity index (χ4n) is 3.06. The van der Waals surface area contributed by atoms with E-state index in [2.05, 4.69) is 0 Å². The molecule has 0 aliphatic heterocycles. The predicted molar refractivity (Wildman–Crippen MR) is 84.7 cm³/mol. The van der Waals surface area contributed by atoms with Crippen molar-refractivity contribution in [3.05, 3.63) is 58.7 Å². The van der Waals surface area contributed by atoms with Gasteiger partial charge >= 0.3 is 0 Å². The van der Waals surface area contributed by atoms with Gasteiger partial charge in [-0.05, 0) is 46.9 Å². The van der Waals surface area contributed by atoms with Crippen LogP contribution in [0.15, 0.2) is 24.3 Å². The van der Waals surface area contributed by atoms with Crippen LogP contribution in [0.25, 0.3) is 21.5 Å². The lowest BCUT2D eigenvalue weighted by Gasteiger charge is -2.12. The number of fused-ring (bicyclic) bond motifs is 3. The first-order valence-corrected chi connectivity index (χ1v) is 7.69. The first kappa shape index (κ1) is 15.8. The maximum Gasteiger partial charge on any atom is 0.167 e. The third-order valence-corrected chi connectivity index (χ3v) is 4.22. The Morgan fingerprint density at radius 1 is 0.696 bits per heavy atom. The fraction of sp³-hybridized carbons (Fsp3) is 0.263. The Bertz CT molecular complexity index is 913. The number of hydrogen-bond acceptors (Lipinski definition) is 0. The largest absolute Gasteiger partial charge is 0.203 e. The summed E-state index contributed by atoms with van der Waals surface area (Å²) in [6, 6.07) is 6.24. The minimum Gasteiger partial charge on any atom is -0.203 e. The van der Waals surface area contributed by atoms with Crippen molar-refractivity contribution in [3.8, 4) is 0 Å². The molecule has 0 amide bonds. The lowest BCUT2D eigenvalue weighted by molar-refractivity contribution is 0.502. The molecule has 0 aliphatic rings. The molecule has 0 nitrogen and oxygen atoms in total. The van der Waals surface area contributed by atoms with Crippen molar-refractivity contribution in [2.75, 3.05) is 0 Å². The van der Waals surface area contributed by atoms with Crippen LogP contribution in [0.1, 0.15) is 31.4 Å². The van der Waals surface area contributed by atoms with Crippen molar-refractivity contribution >= 4 is 21.5 Å².